The molecule has 0 saturated carbocycles. The molecule has 0 spiro atoms. The topological polar surface area (TPSA) is 41.6 Å². The van der Waals surface area contributed by atoms with E-state index in [0.717, 1.165) is 30.8 Å². The highest BCUT2D eigenvalue weighted by Crippen LogP contribution is 2.34. The summed E-state index contributed by atoms with van der Waals surface area (Å²) in [4.78, 5) is 15.7. The van der Waals surface area contributed by atoms with Crippen LogP contribution in [0.4, 0.5) is 10.5 Å². The largest absolute Gasteiger partial charge is 0.497 e. The van der Waals surface area contributed by atoms with Crippen molar-refractivity contribution in [3.8, 4) is 5.75 Å². The maximum Gasteiger partial charge on any atom is 0.322 e. The number of anilines is 1. The standard InChI is InChI=1S/C16H18N2O2S/c1-20-13-6-2-5-12(11-13)17-16(19)18-9-3-7-14(18)15-8-4-10-21-15/h2,4-6,8,10-11,14H,3,7,9H2,1H3,(H,17,19)/t14-/m0/s1. The predicted molar refractivity (Wildman–Crippen MR) is 85.0 cm³/mol. The van der Waals surface area contributed by atoms with Crippen LogP contribution in [0, 0.1) is 0 Å². The minimum Gasteiger partial charge on any atom is -0.497 e. The summed E-state index contributed by atoms with van der Waals surface area (Å²) in [6.45, 7) is 0.804. The minimum absolute atomic E-state index is 0.0425. The summed E-state index contributed by atoms with van der Waals surface area (Å²) >= 11 is 1.71. The molecule has 0 bridgehead atoms. The van der Waals surface area contributed by atoms with Gasteiger partial charge in [-0.05, 0) is 36.4 Å². The van der Waals surface area contributed by atoms with Gasteiger partial charge in [0.2, 0.25) is 0 Å². The monoisotopic (exact) mass is 302 g/mol. The molecule has 1 fully saturated rings. The molecule has 0 unspecified atom stereocenters. The molecule has 21 heavy (non-hydrogen) atoms. The summed E-state index contributed by atoms with van der Waals surface area (Å²) in [6.07, 6.45) is 2.08. The van der Waals surface area contributed by atoms with Crippen LogP contribution in [0.5, 0.6) is 5.75 Å². The smallest absolute Gasteiger partial charge is 0.322 e. The van der Waals surface area contributed by atoms with Crippen molar-refractivity contribution < 1.29 is 9.53 Å². The van der Waals surface area contributed by atoms with E-state index in [4.69, 9.17) is 4.74 Å². The normalized spacial score (nSPS) is 17.8. The van der Waals surface area contributed by atoms with E-state index in [0.29, 0.717) is 0 Å². The van der Waals surface area contributed by atoms with Crippen LogP contribution >= 0.6 is 11.3 Å². The van der Waals surface area contributed by atoms with Crippen molar-refractivity contribution in [3.05, 3.63) is 46.7 Å². The Balaban J connectivity index is 1.72. The number of carbonyl (C=O) groups is 1. The molecule has 4 nitrogen and oxygen atoms in total. The first-order valence-electron chi connectivity index (χ1n) is 7.03. The predicted octanol–water partition coefficient (Wildman–Crippen LogP) is 4.13. The fourth-order valence-corrected chi connectivity index (χ4v) is 3.56. The molecule has 0 aliphatic carbocycles. The molecule has 1 aromatic heterocycles. The highest BCUT2D eigenvalue weighted by Gasteiger charge is 2.30. The second-order valence-corrected chi connectivity index (χ2v) is 6.01. The SMILES string of the molecule is COc1cccc(NC(=O)N2CCC[C@H]2c2cccs2)c1. The maximum absolute atomic E-state index is 12.5. The van der Waals surface area contributed by atoms with E-state index in [1.807, 2.05) is 35.2 Å². The van der Waals surface area contributed by atoms with Gasteiger partial charge < -0.3 is 15.0 Å². The van der Waals surface area contributed by atoms with Crippen LogP contribution in [-0.4, -0.2) is 24.6 Å². The Morgan fingerprint density at radius 3 is 3.05 bits per heavy atom. The van der Waals surface area contributed by atoms with Crippen molar-refractivity contribution >= 4 is 23.1 Å². The van der Waals surface area contributed by atoms with E-state index in [2.05, 4.69) is 16.8 Å². The second kappa shape index (κ2) is 6.18. The number of thiophene rings is 1. The van der Waals surface area contributed by atoms with Crippen LogP contribution in [0.3, 0.4) is 0 Å². The number of rotatable bonds is 3. The summed E-state index contributed by atoms with van der Waals surface area (Å²) in [7, 11) is 1.62. The van der Waals surface area contributed by atoms with Crippen LogP contribution < -0.4 is 10.1 Å². The summed E-state index contributed by atoms with van der Waals surface area (Å²) in [5, 5.41) is 5.02. The fraction of sp³-hybridized carbons (Fsp3) is 0.312. The summed E-state index contributed by atoms with van der Waals surface area (Å²) in [6, 6.07) is 11.7. The molecule has 2 aromatic rings. The van der Waals surface area contributed by atoms with Gasteiger partial charge in [-0.2, -0.15) is 0 Å². The van der Waals surface area contributed by atoms with Crippen LogP contribution in [-0.2, 0) is 0 Å². The maximum atomic E-state index is 12.5. The number of amides is 2. The lowest BCUT2D eigenvalue weighted by atomic mass is 10.2. The van der Waals surface area contributed by atoms with E-state index in [9.17, 15) is 4.79 Å². The number of methoxy groups -OCH3 is 1. The molecule has 1 aliphatic rings. The minimum atomic E-state index is -0.0425. The third kappa shape index (κ3) is 3.03. The number of ether oxygens (including phenoxy) is 1. The molecule has 1 aliphatic heterocycles. The van der Waals surface area contributed by atoms with Crippen LogP contribution in [0.25, 0.3) is 0 Å². The highest BCUT2D eigenvalue weighted by atomic mass is 32.1. The van der Waals surface area contributed by atoms with Gasteiger partial charge >= 0.3 is 6.03 Å². The van der Waals surface area contributed by atoms with Gasteiger partial charge in [-0.1, -0.05) is 12.1 Å². The number of urea groups is 1. The Bertz CT molecular complexity index is 612. The van der Waals surface area contributed by atoms with E-state index in [-0.39, 0.29) is 12.1 Å². The molecule has 5 heteroatoms. The molecule has 1 saturated heterocycles. The van der Waals surface area contributed by atoms with Crippen molar-refractivity contribution in [1.82, 2.24) is 4.90 Å². The van der Waals surface area contributed by atoms with Gasteiger partial charge in [0.25, 0.3) is 0 Å². The average Bonchev–Trinajstić information content (AvgIpc) is 3.18. The molecular formula is C16H18N2O2S. The van der Waals surface area contributed by atoms with Crippen LogP contribution in [0.2, 0.25) is 0 Å². The Morgan fingerprint density at radius 1 is 1.38 bits per heavy atom. The molecule has 1 N–H and O–H groups in total. The van der Waals surface area contributed by atoms with Crippen molar-refractivity contribution in [3.63, 3.8) is 0 Å². The summed E-state index contributed by atoms with van der Waals surface area (Å²) in [5.41, 5.74) is 0.760. The second-order valence-electron chi connectivity index (χ2n) is 5.03. The zero-order chi connectivity index (χ0) is 14.7. The molecule has 0 radical (unpaired) electrons. The number of benzene rings is 1. The lowest BCUT2D eigenvalue weighted by molar-refractivity contribution is 0.208. The molecule has 1 aromatic carbocycles. The highest BCUT2D eigenvalue weighted by molar-refractivity contribution is 7.10. The Labute approximate surface area is 128 Å². The third-order valence-electron chi connectivity index (χ3n) is 3.71. The first-order chi connectivity index (χ1) is 10.3. The summed E-state index contributed by atoms with van der Waals surface area (Å²) < 4.78 is 5.18. The van der Waals surface area contributed by atoms with Crippen LogP contribution in [0.15, 0.2) is 41.8 Å². The van der Waals surface area contributed by atoms with Gasteiger partial charge in [0, 0.05) is 23.2 Å². The molecule has 2 amide bonds. The number of nitrogens with zero attached hydrogens (tertiary/aromatic N) is 1. The van der Waals surface area contributed by atoms with Crippen molar-refractivity contribution in [1.29, 1.82) is 0 Å². The van der Waals surface area contributed by atoms with Gasteiger partial charge in [0.15, 0.2) is 0 Å². The van der Waals surface area contributed by atoms with Crippen LogP contribution in [0.1, 0.15) is 23.8 Å². The van der Waals surface area contributed by atoms with Gasteiger partial charge in [-0.15, -0.1) is 11.3 Å². The van der Waals surface area contributed by atoms with Crippen molar-refractivity contribution in [2.45, 2.75) is 18.9 Å². The Kier molecular flexibility index (Phi) is 4.10. The van der Waals surface area contributed by atoms with Gasteiger partial charge in [-0.3, -0.25) is 0 Å². The molecule has 2 heterocycles. The van der Waals surface area contributed by atoms with Gasteiger partial charge in [0.05, 0.1) is 13.2 Å². The average molecular weight is 302 g/mol. The fourth-order valence-electron chi connectivity index (χ4n) is 2.68. The number of hydrogen-bond acceptors (Lipinski definition) is 3. The van der Waals surface area contributed by atoms with E-state index in [1.165, 1.54) is 4.88 Å². The van der Waals surface area contributed by atoms with E-state index >= 15 is 0 Å². The number of carbonyl (C=O) groups excluding carboxylic acids is 1. The van der Waals surface area contributed by atoms with Crippen molar-refractivity contribution in [2.24, 2.45) is 0 Å². The van der Waals surface area contributed by atoms with E-state index < -0.39 is 0 Å². The lowest BCUT2D eigenvalue weighted by Gasteiger charge is -2.24. The zero-order valence-corrected chi connectivity index (χ0v) is 12.7. The quantitative estimate of drug-likeness (QED) is 0.926. The van der Waals surface area contributed by atoms with E-state index in [1.54, 1.807) is 18.4 Å². The Morgan fingerprint density at radius 2 is 2.29 bits per heavy atom. The Hall–Kier alpha value is -2.01. The first-order valence-corrected chi connectivity index (χ1v) is 7.91. The number of nitrogens with one attached hydrogen (secondary N) is 1. The molecule has 3 rings (SSSR count). The molecule has 1 atom stereocenters. The van der Waals surface area contributed by atoms with Crippen molar-refractivity contribution in [2.75, 3.05) is 19.0 Å². The zero-order valence-electron chi connectivity index (χ0n) is 11.9. The first kappa shape index (κ1) is 13.9. The number of likely N-dealkylation sites (tertiary alicyclic amines) is 1. The molecule has 110 valence electrons. The molecular weight excluding hydrogens is 284 g/mol. The third-order valence-corrected chi connectivity index (χ3v) is 4.68. The number of hydrogen-bond donors (Lipinski definition) is 1. The van der Waals surface area contributed by atoms with Gasteiger partial charge in [-0.25, -0.2) is 4.79 Å². The van der Waals surface area contributed by atoms with Gasteiger partial charge in [0.1, 0.15) is 5.75 Å². The lowest BCUT2D eigenvalue weighted by Crippen LogP contribution is -2.34. The summed E-state index contributed by atoms with van der Waals surface area (Å²) in [5.74, 6) is 0.740.